The van der Waals surface area contributed by atoms with Crippen molar-refractivity contribution < 1.29 is 19.4 Å². The number of halogens is 1. The molecule has 0 radical (unpaired) electrons. The summed E-state index contributed by atoms with van der Waals surface area (Å²) in [5, 5.41) is 12.9. The van der Waals surface area contributed by atoms with Crippen molar-refractivity contribution in [2.45, 2.75) is 25.0 Å². The first-order chi connectivity index (χ1) is 10.6. The lowest BCUT2D eigenvalue weighted by Crippen LogP contribution is -2.47. The maximum Gasteiger partial charge on any atom is 0.237 e. The minimum Gasteiger partial charge on any atom is -0.497 e. The third-order valence-corrected chi connectivity index (χ3v) is 4.02. The van der Waals surface area contributed by atoms with Crippen molar-refractivity contribution in [2.75, 3.05) is 26.9 Å². The fourth-order valence-corrected chi connectivity index (χ4v) is 2.57. The van der Waals surface area contributed by atoms with E-state index < -0.39 is 12.1 Å². The number of nitrogens with two attached hydrogens (primary N) is 1. The quantitative estimate of drug-likeness (QED) is 0.716. The molecule has 1 fully saturated rings. The van der Waals surface area contributed by atoms with Crippen molar-refractivity contribution in [1.82, 2.24) is 5.32 Å². The first-order valence-electron chi connectivity index (χ1n) is 7.55. The number of carbonyl (C=O) groups is 1. The van der Waals surface area contributed by atoms with Gasteiger partial charge in [0.25, 0.3) is 0 Å². The van der Waals surface area contributed by atoms with E-state index in [1.54, 1.807) is 31.4 Å². The highest BCUT2D eigenvalue weighted by Crippen LogP contribution is 2.20. The lowest BCUT2D eigenvalue weighted by atomic mass is 9.92. The van der Waals surface area contributed by atoms with Crippen LogP contribution >= 0.6 is 12.4 Å². The van der Waals surface area contributed by atoms with Gasteiger partial charge in [-0.1, -0.05) is 12.1 Å². The van der Waals surface area contributed by atoms with E-state index >= 15 is 0 Å². The number of carbonyl (C=O) groups excluding carboxylic acids is 1. The van der Waals surface area contributed by atoms with Gasteiger partial charge in [0.1, 0.15) is 5.75 Å². The highest BCUT2D eigenvalue weighted by Gasteiger charge is 2.26. The Bertz CT molecular complexity index is 495. The van der Waals surface area contributed by atoms with Gasteiger partial charge in [0.15, 0.2) is 0 Å². The number of hydrogen-bond acceptors (Lipinski definition) is 5. The summed E-state index contributed by atoms with van der Waals surface area (Å²) in [6.45, 7) is 1.43. The number of rotatable bonds is 6. The third kappa shape index (κ3) is 5.66. The lowest BCUT2D eigenvalue weighted by molar-refractivity contribution is -0.124. The Hall–Kier alpha value is -1.34. The molecule has 2 rings (SSSR count). The van der Waals surface area contributed by atoms with Crippen molar-refractivity contribution in [3.05, 3.63) is 29.8 Å². The summed E-state index contributed by atoms with van der Waals surface area (Å²) in [4.78, 5) is 12.1. The molecule has 0 bridgehead atoms. The SMILES string of the molecule is COc1cccc(C(O)CNC(=O)C(N)C2CCOCC2)c1.Cl. The molecule has 7 heteroatoms. The second-order valence-electron chi connectivity index (χ2n) is 5.51. The van der Waals surface area contributed by atoms with Crippen molar-refractivity contribution >= 4 is 18.3 Å². The molecule has 1 saturated heterocycles. The molecule has 0 aromatic heterocycles. The molecule has 130 valence electrons. The lowest BCUT2D eigenvalue weighted by Gasteiger charge is -2.27. The Morgan fingerprint density at radius 3 is 2.83 bits per heavy atom. The molecule has 0 saturated carbocycles. The first kappa shape index (κ1) is 19.7. The van der Waals surface area contributed by atoms with Crippen LogP contribution in [0.5, 0.6) is 5.75 Å². The van der Waals surface area contributed by atoms with Crippen molar-refractivity contribution in [1.29, 1.82) is 0 Å². The smallest absolute Gasteiger partial charge is 0.237 e. The van der Waals surface area contributed by atoms with Gasteiger partial charge in [-0.3, -0.25) is 4.79 Å². The zero-order valence-electron chi connectivity index (χ0n) is 13.2. The van der Waals surface area contributed by atoms with Gasteiger partial charge in [0.2, 0.25) is 5.91 Å². The summed E-state index contributed by atoms with van der Waals surface area (Å²) in [6.07, 6.45) is 0.806. The minimum absolute atomic E-state index is 0. The molecule has 1 aromatic rings. The topological polar surface area (TPSA) is 93.8 Å². The molecule has 23 heavy (non-hydrogen) atoms. The zero-order valence-corrected chi connectivity index (χ0v) is 14.1. The van der Waals surface area contributed by atoms with Gasteiger partial charge < -0.3 is 25.6 Å². The highest BCUT2D eigenvalue weighted by atomic mass is 35.5. The summed E-state index contributed by atoms with van der Waals surface area (Å²) in [5.41, 5.74) is 6.69. The molecule has 1 aromatic carbocycles. The van der Waals surface area contributed by atoms with E-state index in [9.17, 15) is 9.90 Å². The second-order valence-corrected chi connectivity index (χ2v) is 5.51. The van der Waals surface area contributed by atoms with Crippen LogP contribution in [0.15, 0.2) is 24.3 Å². The number of aliphatic hydroxyl groups excluding tert-OH is 1. The van der Waals surface area contributed by atoms with Crippen LogP contribution in [0.25, 0.3) is 0 Å². The van der Waals surface area contributed by atoms with Crippen LogP contribution in [0.4, 0.5) is 0 Å². The molecule has 0 spiro atoms. The highest BCUT2D eigenvalue weighted by molar-refractivity contribution is 5.85. The summed E-state index contributed by atoms with van der Waals surface area (Å²) in [6, 6.07) is 6.58. The maximum absolute atomic E-state index is 12.1. The Balaban J connectivity index is 0.00000264. The van der Waals surface area contributed by atoms with E-state index in [1.165, 1.54) is 0 Å². The number of methoxy groups -OCH3 is 1. The first-order valence-corrected chi connectivity index (χ1v) is 7.55. The summed E-state index contributed by atoms with van der Waals surface area (Å²) < 4.78 is 10.4. The van der Waals surface area contributed by atoms with E-state index in [2.05, 4.69) is 5.32 Å². The minimum atomic E-state index is -0.791. The molecular weight excluding hydrogens is 320 g/mol. The fraction of sp³-hybridized carbons (Fsp3) is 0.562. The van der Waals surface area contributed by atoms with Crippen molar-refractivity contribution in [2.24, 2.45) is 11.7 Å². The van der Waals surface area contributed by atoms with Crippen LogP contribution in [0, 0.1) is 5.92 Å². The van der Waals surface area contributed by atoms with E-state index in [4.69, 9.17) is 15.2 Å². The Labute approximate surface area is 142 Å². The van der Waals surface area contributed by atoms with Crippen LogP contribution in [0.1, 0.15) is 24.5 Å². The van der Waals surface area contributed by atoms with Gasteiger partial charge in [0.05, 0.1) is 19.3 Å². The van der Waals surface area contributed by atoms with Crippen LogP contribution in [0.3, 0.4) is 0 Å². The normalized spacial score (nSPS) is 17.7. The second kappa shape index (κ2) is 9.72. The Morgan fingerprint density at radius 1 is 1.48 bits per heavy atom. The molecule has 2 unspecified atom stereocenters. The van der Waals surface area contributed by atoms with Gasteiger partial charge in [0, 0.05) is 19.8 Å². The number of benzene rings is 1. The summed E-state index contributed by atoms with van der Waals surface area (Å²) in [5.74, 6) is 0.582. The average Bonchev–Trinajstić information content (AvgIpc) is 2.59. The number of nitrogens with one attached hydrogen (secondary N) is 1. The summed E-state index contributed by atoms with van der Waals surface area (Å²) in [7, 11) is 1.57. The molecular formula is C16H25ClN2O4. The predicted molar refractivity (Wildman–Crippen MR) is 89.7 cm³/mol. The molecule has 1 aliphatic heterocycles. The average molecular weight is 345 g/mol. The Kier molecular flexibility index (Phi) is 8.33. The van der Waals surface area contributed by atoms with Crippen LogP contribution < -0.4 is 15.8 Å². The van der Waals surface area contributed by atoms with E-state index in [-0.39, 0.29) is 30.8 Å². The molecule has 4 N–H and O–H groups in total. The van der Waals surface area contributed by atoms with Gasteiger partial charge >= 0.3 is 0 Å². The molecule has 6 nitrogen and oxygen atoms in total. The number of aliphatic hydroxyl groups is 1. The fourth-order valence-electron chi connectivity index (χ4n) is 2.57. The number of ether oxygens (including phenoxy) is 2. The monoisotopic (exact) mass is 344 g/mol. The third-order valence-electron chi connectivity index (χ3n) is 4.02. The number of hydrogen-bond donors (Lipinski definition) is 3. The van der Waals surface area contributed by atoms with E-state index in [1.807, 2.05) is 0 Å². The van der Waals surface area contributed by atoms with Crippen LogP contribution in [-0.2, 0) is 9.53 Å². The zero-order chi connectivity index (χ0) is 15.9. The van der Waals surface area contributed by atoms with Crippen molar-refractivity contribution in [3.8, 4) is 5.75 Å². The van der Waals surface area contributed by atoms with Gasteiger partial charge in [-0.15, -0.1) is 12.4 Å². The maximum atomic E-state index is 12.1. The molecule has 1 aliphatic rings. The molecule has 1 amide bonds. The largest absolute Gasteiger partial charge is 0.497 e. The van der Waals surface area contributed by atoms with Gasteiger partial charge in [-0.25, -0.2) is 0 Å². The van der Waals surface area contributed by atoms with E-state index in [0.29, 0.717) is 24.5 Å². The van der Waals surface area contributed by atoms with E-state index in [0.717, 1.165) is 12.8 Å². The van der Waals surface area contributed by atoms with Crippen molar-refractivity contribution in [3.63, 3.8) is 0 Å². The molecule has 0 aliphatic carbocycles. The molecule has 1 heterocycles. The molecule has 2 atom stereocenters. The summed E-state index contributed by atoms with van der Waals surface area (Å²) >= 11 is 0. The number of amides is 1. The van der Waals surface area contributed by atoms with Crippen LogP contribution in [-0.4, -0.2) is 43.9 Å². The van der Waals surface area contributed by atoms with Gasteiger partial charge in [-0.2, -0.15) is 0 Å². The Morgan fingerprint density at radius 2 is 2.17 bits per heavy atom. The van der Waals surface area contributed by atoms with Crippen LogP contribution in [0.2, 0.25) is 0 Å². The standard InChI is InChI=1S/C16H24N2O4.ClH/c1-21-13-4-2-3-12(9-13)14(19)10-18-16(20)15(17)11-5-7-22-8-6-11;/h2-4,9,11,14-15,19H,5-8,10,17H2,1H3,(H,18,20);1H. The predicted octanol–water partition coefficient (Wildman–Crippen LogP) is 1.02. The van der Waals surface area contributed by atoms with Gasteiger partial charge in [-0.05, 0) is 36.5 Å².